The molecule has 3 aromatic rings. The van der Waals surface area contributed by atoms with Gasteiger partial charge < -0.3 is 14.8 Å². The van der Waals surface area contributed by atoms with Gasteiger partial charge in [-0.2, -0.15) is 0 Å². The van der Waals surface area contributed by atoms with Crippen molar-refractivity contribution in [3.8, 4) is 11.5 Å². The van der Waals surface area contributed by atoms with Crippen molar-refractivity contribution in [2.75, 3.05) is 6.61 Å². The van der Waals surface area contributed by atoms with Crippen molar-refractivity contribution in [3.05, 3.63) is 89.7 Å². The highest BCUT2D eigenvalue weighted by atomic mass is 16.5. The molecular weight excluding hydrogens is 324 g/mol. The van der Waals surface area contributed by atoms with Gasteiger partial charge in [-0.05, 0) is 36.2 Å². The lowest BCUT2D eigenvalue weighted by atomic mass is 10.1. The van der Waals surface area contributed by atoms with Crippen LogP contribution in [0.4, 0.5) is 0 Å². The molecule has 1 N–H and O–H groups in total. The molecule has 0 fully saturated rings. The average molecular weight is 348 g/mol. The molecule has 26 heavy (non-hydrogen) atoms. The molecule has 0 saturated carbocycles. The highest BCUT2D eigenvalue weighted by Crippen LogP contribution is 2.32. The van der Waals surface area contributed by atoms with E-state index in [4.69, 9.17) is 9.47 Å². The number of pyridine rings is 1. The molecule has 0 unspecified atom stereocenters. The van der Waals surface area contributed by atoms with Crippen molar-refractivity contribution in [1.82, 2.24) is 10.3 Å². The van der Waals surface area contributed by atoms with Gasteiger partial charge in [0.05, 0.1) is 6.61 Å². The number of ether oxygens (including phenoxy) is 2. The number of aromatic nitrogens is 1. The number of benzene rings is 2. The number of nitrogens with zero attached hydrogens (tertiary/aromatic N) is 1. The predicted octanol–water partition coefficient (Wildman–Crippen LogP) is 4.35. The Morgan fingerprint density at radius 1 is 0.808 bits per heavy atom. The van der Waals surface area contributed by atoms with Crippen LogP contribution in [0.3, 0.4) is 0 Å². The van der Waals surface area contributed by atoms with Gasteiger partial charge in [-0.1, -0.05) is 42.5 Å². The minimum absolute atomic E-state index is 0.516. The first kappa shape index (κ1) is 18.0. The molecule has 3 rings (SSSR count). The van der Waals surface area contributed by atoms with Gasteiger partial charge in [-0.3, -0.25) is 4.98 Å². The van der Waals surface area contributed by atoms with E-state index >= 15 is 0 Å². The van der Waals surface area contributed by atoms with Crippen LogP contribution in [0.2, 0.25) is 0 Å². The Kier molecular flexibility index (Phi) is 6.62. The lowest BCUT2D eigenvalue weighted by Gasteiger charge is -2.16. The third-order valence-corrected chi connectivity index (χ3v) is 3.98. The maximum Gasteiger partial charge on any atom is 0.166 e. The van der Waals surface area contributed by atoms with Gasteiger partial charge >= 0.3 is 0 Å². The Morgan fingerprint density at radius 2 is 1.62 bits per heavy atom. The highest BCUT2D eigenvalue weighted by Gasteiger charge is 2.11. The molecule has 1 aromatic heterocycles. The maximum absolute atomic E-state index is 6.13. The standard InChI is InChI=1S/C22H24N2O2/c1-2-25-21-10-6-9-20(16-24-15-18-11-13-23-14-12-18)22(21)26-17-19-7-4-3-5-8-19/h3-14,24H,2,15-17H2,1H3. The molecule has 0 bridgehead atoms. The van der Waals surface area contributed by atoms with E-state index in [1.165, 1.54) is 5.56 Å². The fourth-order valence-electron chi connectivity index (χ4n) is 2.71. The zero-order chi connectivity index (χ0) is 18.0. The van der Waals surface area contributed by atoms with Crippen molar-refractivity contribution < 1.29 is 9.47 Å². The Morgan fingerprint density at radius 3 is 2.38 bits per heavy atom. The molecule has 0 aliphatic heterocycles. The fourth-order valence-corrected chi connectivity index (χ4v) is 2.71. The lowest BCUT2D eigenvalue weighted by molar-refractivity contribution is 0.266. The van der Waals surface area contributed by atoms with Crippen LogP contribution in [0.1, 0.15) is 23.6 Å². The zero-order valence-corrected chi connectivity index (χ0v) is 15.0. The monoisotopic (exact) mass is 348 g/mol. The summed E-state index contributed by atoms with van der Waals surface area (Å²) in [4.78, 5) is 4.05. The lowest BCUT2D eigenvalue weighted by Crippen LogP contribution is -2.14. The largest absolute Gasteiger partial charge is 0.490 e. The molecule has 4 heteroatoms. The van der Waals surface area contributed by atoms with E-state index in [1.807, 2.05) is 49.4 Å². The van der Waals surface area contributed by atoms with Crippen LogP contribution in [-0.2, 0) is 19.7 Å². The SMILES string of the molecule is CCOc1cccc(CNCc2ccncc2)c1OCc1ccccc1. The van der Waals surface area contributed by atoms with Crippen molar-refractivity contribution in [3.63, 3.8) is 0 Å². The average Bonchev–Trinajstić information content (AvgIpc) is 2.69. The molecule has 0 aliphatic carbocycles. The molecule has 0 radical (unpaired) electrons. The third kappa shape index (κ3) is 5.07. The van der Waals surface area contributed by atoms with Crippen LogP contribution in [0, 0.1) is 0 Å². The summed E-state index contributed by atoms with van der Waals surface area (Å²) in [6.07, 6.45) is 3.61. The van der Waals surface area contributed by atoms with Gasteiger partial charge in [0.1, 0.15) is 6.61 Å². The molecule has 0 aliphatic rings. The van der Waals surface area contributed by atoms with E-state index < -0.39 is 0 Å². The van der Waals surface area contributed by atoms with Crippen LogP contribution in [0.5, 0.6) is 11.5 Å². The molecule has 0 saturated heterocycles. The molecular formula is C22H24N2O2. The molecule has 0 spiro atoms. The van der Waals surface area contributed by atoms with E-state index in [0.29, 0.717) is 19.8 Å². The van der Waals surface area contributed by atoms with Gasteiger partial charge in [0.25, 0.3) is 0 Å². The number of para-hydroxylation sites is 1. The van der Waals surface area contributed by atoms with E-state index in [-0.39, 0.29) is 0 Å². The number of hydrogen-bond donors (Lipinski definition) is 1. The van der Waals surface area contributed by atoms with Crippen LogP contribution in [0.25, 0.3) is 0 Å². The summed E-state index contributed by atoms with van der Waals surface area (Å²) in [5.41, 5.74) is 3.42. The van der Waals surface area contributed by atoms with Gasteiger partial charge in [0, 0.05) is 31.0 Å². The number of hydrogen-bond acceptors (Lipinski definition) is 4. The van der Waals surface area contributed by atoms with Crippen LogP contribution < -0.4 is 14.8 Å². The van der Waals surface area contributed by atoms with Gasteiger partial charge in [0.15, 0.2) is 11.5 Å². The summed E-state index contributed by atoms with van der Waals surface area (Å²) in [7, 11) is 0. The van der Waals surface area contributed by atoms with E-state index in [1.54, 1.807) is 12.4 Å². The summed E-state index contributed by atoms with van der Waals surface area (Å²) < 4.78 is 11.9. The molecule has 4 nitrogen and oxygen atoms in total. The zero-order valence-electron chi connectivity index (χ0n) is 15.0. The molecule has 0 amide bonds. The minimum Gasteiger partial charge on any atom is -0.490 e. The fraction of sp³-hybridized carbons (Fsp3) is 0.227. The summed E-state index contributed by atoms with van der Waals surface area (Å²) in [5.74, 6) is 1.59. The first-order valence-electron chi connectivity index (χ1n) is 8.88. The summed E-state index contributed by atoms with van der Waals surface area (Å²) in [6.45, 7) is 4.58. The number of nitrogens with one attached hydrogen (secondary N) is 1. The van der Waals surface area contributed by atoms with Crippen molar-refractivity contribution >= 4 is 0 Å². The van der Waals surface area contributed by atoms with Gasteiger partial charge in [-0.15, -0.1) is 0 Å². The maximum atomic E-state index is 6.13. The summed E-state index contributed by atoms with van der Waals surface area (Å²) >= 11 is 0. The van der Waals surface area contributed by atoms with Crippen LogP contribution >= 0.6 is 0 Å². The third-order valence-electron chi connectivity index (χ3n) is 3.98. The minimum atomic E-state index is 0.516. The van der Waals surface area contributed by atoms with E-state index in [9.17, 15) is 0 Å². The van der Waals surface area contributed by atoms with Gasteiger partial charge in [-0.25, -0.2) is 0 Å². The molecule has 2 aromatic carbocycles. The summed E-state index contributed by atoms with van der Waals surface area (Å²) in [5, 5.41) is 3.46. The molecule has 0 atom stereocenters. The van der Waals surface area contributed by atoms with Crippen molar-refractivity contribution in [2.45, 2.75) is 26.6 Å². The van der Waals surface area contributed by atoms with Gasteiger partial charge in [0.2, 0.25) is 0 Å². The highest BCUT2D eigenvalue weighted by molar-refractivity contribution is 5.46. The molecule has 134 valence electrons. The summed E-state index contributed by atoms with van der Waals surface area (Å²) in [6, 6.07) is 20.2. The van der Waals surface area contributed by atoms with E-state index in [0.717, 1.165) is 29.2 Å². The predicted molar refractivity (Wildman–Crippen MR) is 103 cm³/mol. The molecule has 1 heterocycles. The number of rotatable bonds is 9. The smallest absolute Gasteiger partial charge is 0.166 e. The Hall–Kier alpha value is -2.85. The Labute approximate surface area is 154 Å². The Balaban J connectivity index is 1.70. The quantitative estimate of drug-likeness (QED) is 0.624. The van der Waals surface area contributed by atoms with Crippen LogP contribution in [-0.4, -0.2) is 11.6 Å². The first-order chi connectivity index (χ1) is 12.9. The van der Waals surface area contributed by atoms with Crippen LogP contribution in [0.15, 0.2) is 73.1 Å². The second-order valence-corrected chi connectivity index (χ2v) is 5.91. The first-order valence-corrected chi connectivity index (χ1v) is 8.88. The second-order valence-electron chi connectivity index (χ2n) is 5.91. The van der Waals surface area contributed by atoms with Crippen molar-refractivity contribution in [1.29, 1.82) is 0 Å². The Bertz CT molecular complexity index is 792. The van der Waals surface area contributed by atoms with E-state index in [2.05, 4.69) is 28.5 Å². The van der Waals surface area contributed by atoms with Crippen molar-refractivity contribution in [2.24, 2.45) is 0 Å². The topological polar surface area (TPSA) is 43.4 Å². The second kappa shape index (κ2) is 9.59. The normalized spacial score (nSPS) is 10.5.